The van der Waals surface area contributed by atoms with Gasteiger partial charge in [-0.25, -0.2) is 0 Å². The van der Waals surface area contributed by atoms with Gasteiger partial charge in [-0.1, -0.05) is 6.07 Å². The van der Waals surface area contributed by atoms with Gasteiger partial charge in [0.2, 0.25) is 0 Å². The van der Waals surface area contributed by atoms with Gasteiger partial charge in [0.05, 0.1) is 32.8 Å². The summed E-state index contributed by atoms with van der Waals surface area (Å²) in [6.07, 6.45) is 3.60. The molecule has 1 aliphatic rings. The number of carbonyl (C=O) groups is 1. The van der Waals surface area contributed by atoms with Gasteiger partial charge >= 0.3 is 5.97 Å². The summed E-state index contributed by atoms with van der Waals surface area (Å²) in [6, 6.07) is 8.17. The Morgan fingerprint density at radius 1 is 1.22 bits per heavy atom. The Labute approximate surface area is 137 Å². The number of methoxy groups -OCH3 is 3. The molecule has 0 amide bonds. The Hall–Kier alpha value is -2.22. The van der Waals surface area contributed by atoms with Crippen LogP contribution < -0.4 is 9.47 Å². The fourth-order valence-corrected chi connectivity index (χ4v) is 3.29. The van der Waals surface area contributed by atoms with E-state index in [0.29, 0.717) is 23.8 Å². The summed E-state index contributed by atoms with van der Waals surface area (Å²) < 4.78 is 15.3. The number of nitrogens with zero attached hydrogens (tertiary/aromatic N) is 1. The van der Waals surface area contributed by atoms with Crippen LogP contribution in [0.4, 0.5) is 0 Å². The SMILES string of the molecule is COC(=O)CC1CCC(C#N)(c2ccc(OC)c(OC)c2)CC1. The average Bonchev–Trinajstić information content (AvgIpc) is 2.61. The van der Waals surface area contributed by atoms with Crippen LogP contribution in [0, 0.1) is 17.2 Å². The molecule has 0 radical (unpaired) electrons. The summed E-state index contributed by atoms with van der Waals surface area (Å²) in [5.74, 6) is 1.41. The monoisotopic (exact) mass is 317 g/mol. The van der Waals surface area contributed by atoms with Crippen molar-refractivity contribution in [2.45, 2.75) is 37.5 Å². The van der Waals surface area contributed by atoms with Crippen LogP contribution in [0.25, 0.3) is 0 Å². The van der Waals surface area contributed by atoms with Gasteiger partial charge in [-0.15, -0.1) is 0 Å². The van der Waals surface area contributed by atoms with E-state index in [1.807, 2.05) is 18.2 Å². The first-order valence-electron chi connectivity index (χ1n) is 7.79. The number of rotatable bonds is 5. The van der Waals surface area contributed by atoms with Gasteiger partial charge in [-0.3, -0.25) is 4.79 Å². The van der Waals surface area contributed by atoms with Crippen LogP contribution in [0.1, 0.15) is 37.7 Å². The molecule has 0 aromatic heterocycles. The first-order valence-corrected chi connectivity index (χ1v) is 7.79. The standard InChI is InChI=1S/C18H23NO4/c1-21-15-5-4-14(11-16(15)22-2)18(12-19)8-6-13(7-9-18)10-17(20)23-3/h4-5,11,13H,6-10H2,1-3H3. The maximum atomic E-state index is 11.4. The predicted molar refractivity (Wildman–Crippen MR) is 85.4 cm³/mol. The van der Waals surface area contributed by atoms with E-state index in [1.54, 1.807) is 14.2 Å². The Bertz CT molecular complexity index is 598. The molecule has 5 nitrogen and oxygen atoms in total. The third kappa shape index (κ3) is 3.58. The smallest absolute Gasteiger partial charge is 0.305 e. The second-order valence-electron chi connectivity index (χ2n) is 5.99. The number of esters is 1. The summed E-state index contributed by atoms with van der Waals surface area (Å²) in [5, 5.41) is 9.79. The molecule has 2 rings (SSSR count). The lowest BCUT2D eigenvalue weighted by atomic mass is 9.67. The van der Waals surface area contributed by atoms with E-state index in [-0.39, 0.29) is 5.97 Å². The van der Waals surface area contributed by atoms with Crippen molar-refractivity contribution in [2.75, 3.05) is 21.3 Å². The zero-order chi connectivity index (χ0) is 16.9. The van der Waals surface area contributed by atoms with Gasteiger partial charge < -0.3 is 14.2 Å². The largest absolute Gasteiger partial charge is 0.493 e. The topological polar surface area (TPSA) is 68.6 Å². The Kier molecular flexibility index (Phi) is 5.49. The van der Waals surface area contributed by atoms with Gasteiger partial charge in [0.25, 0.3) is 0 Å². The molecule has 0 unspecified atom stereocenters. The molecule has 5 heteroatoms. The van der Waals surface area contributed by atoms with Gasteiger partial charge in [0.15, 0.2) is 11.5 Å². The summed E-state index contributed by atoms with van der Waals surface area (Å²) in [5.41, 5.74) is 0.431. The first-order chi connectivity index (χ1) is 11.1. The highest BCUT2D eigenvalue weighted by Crippen LogP contribution is 2.44. The van der Waals surface area contributed by atoms with Gasteiger partial charge in [0.1, 0.15) is 0 Å². The van der Waals surface area contributed by atoms with Crippen LogP contribution in [0.2, 0.25) is 0 Å². The quantitative estimate of drug-likeness (QED) is 0.780. The zero-order valence-corrected chi connectivity index (χ0v) is 13.9. The molecule has 1 aromatic rings. The van der Waals surface area contributed by atoms with Crippen molar-refractivity contribution in [1.82, 2.24) is 0 Å². The first kappa shape index (κ1) is 17.1. The van der Waals surface area contributed by atoms with E-state index in [1.165, 1.54) is 7.11 Å². The summed E-state index contributed by atoms with van der Waals surface area (Å²) in [6.45, 7) is 0. The Morgan fingerprint density at radius 3 is 2.39 bits per heavy atom. The minimum Gasteiger partial charge on any atom is -0.493 e. The number of hydrogen-bond acceptors (Lipinski definition) is 5. The Morgan fingerprint density at radius 2 is 1.87 bits per heavy atom. The van der Waals surface area contributed by atoms with Crippen molar-refractivity contribution in [2.24, 2.45) is 5.92 Å². The zero-order valence-electron chi connectivity index (χ0n) is 13.9. The number of nitriles is 1. The molecule has 0 atom stereocenters. The van der Waals surface area contributed by atoms with Crippen molar-refractivity contribution in [3.05, 3.63) is 23.8 Å². The number of hydrogen-bond donors (Lipinski definition) is 0. The maximum absolute atomic E-state index is 11.4. The highest BCUT2D eigenvalue weighted by molar-refractivity contribution is 5.69. The van der Waals surface area contributed by atoms with Crippen molar-refractivity contribution >= 4 is 5.97 Å². The molecule has 23 heavy (non-hydrogen) atoms. The van der Waals surface area contributed by atoms with Gasteiger partial charge in [-0.2, -0.15) is 5.26 Å². The third-order valence-electron chi connectivity index (χ3n) is 4.79. The van der Waals surface area contributed by atoms with E-state index in [0.717, 1.165) is 31.2 Å². The number of ether oxygens (including phenoxy) is 3. The van der Waals surface area contributed by atoms with Crippen molar-refractivity contribution in [3.8, 4) is 17.6 Å². The van der Waals surface area contributed by atoms with E-state index in [4.69, 9.17) is 14.2 Å². The molecule has 1 aliphatic carbocycles. The normalized spacial score (nSPS) is 23.7. The lowest BCUT2D eigenvalue weighted by molar-refractivity contribution is -0.142. The number of carbonyl (C=O) groups excluding carboxylic acids is 1. The van der Waals surface area contributed by atoms with E-state index < -0.39 is 5.41 Å². The lowest BCUT2D eigenvalue weighted by Crippen LogP contribution is -2.31. The molecule has 1 fully saturated rings. The molecular weight excluding hydrogens is 294 g/mol. The van der Waals surface area contributed by atoms with Gasteiger partial charge in [0, 0.05) is 6.42 Å². The summed E-state index contributed by atoms with van der Waals surface area (Å²) in [7, 11) is 4.60. The average molecular weight is 317 g/mol. The molecule has 124 valence electrons. The predicted octanol–water partition coefficient (Wildman–Crippen LogP) is 3.22. The fraction of sp³-hybridized carbons (Fsp3) is 0.556. The molecule has 0 heterocycles. The van der Waals surface area contributed by atoms with Crippen LogP contribution in [0.3, 0.4) is 0 Å². The third-order valence-corrected chi connectivity index (χ3v) is 4.79. The molecular formula is C18H23NO4. The highest BCUT2D eigenvalue weighted by atomic mass is 16.5. The van der Waals surface area contributed by atoms with E-state index >= 15 is 0 Å². The molecule has 0 aliphatic heterocycles. The van der Waals surface area contributed by atoms with Gasteiger partial charge in [-0.05, 0) is 49.3 Å². The molecule has 0 bridgehead atoms. The van der Waals surface area contributed by atoms with Crippen LogP contribution >= 0.6 is 0 Å². The minimum absolute atomic E-state index is 0.175. The number of benzene rings is 1. The van der Waals surface area contributed by atoms with Crippen molar-refractivity contribution < 1.29 is 19.0 Å². The highest BCUT2D eigenvalue weighted by Gasteiger charge is 2.38. The summed E-state index contributed by atoms with van der Waals surface area (Å²) in [4.78, 5) is 11.4. The maximum Gasteiger partial charge on any atom is 0.305 e. The molecule has 0 N–H and O–H groups in total. The van der Waals surface area contributed by atoms with Crippen molar-refractivity contribution in [3.63, 3.8) is 0 Å². The second kappa shape index (κ2) is 7.36. The van der Waals surface area contributed by atoms with Crippen LogP contribution in [0.15, 0.2) is 18.2 Å². The second-order valence-corrected chi connectivity index (χ2v) is 5.99. The lowest BCUT2D eigenvalue weighted by Gasteiger charge is -2.35. The van der Waals surface area contributed by atoms with E-state index in [9.17, 15) is 10.1 Å². The van der Waals surface area contributed by atoms with Crippen molar-refractivity contribution in [1.29, 1.82) is 5.26 Å². The minimum atomic E-state index is -0.522. The molecule has 0 spiro atoms. The summed E-state index contributed by atoms with van der Waals surface area (Å²) >= 11 is 0. The van der Waals surface area contributed by atoms with Crippen LogP contribution in [-0.4, -0.2) is 27.3 Å². The molecule has 1 saturated carbocycles. The fourth-order valence-electron chi connectivity index (χ4n) is 3.29. The Balaban J connectivity index is 2.17. The van der Waals surface area contributed by atoms with Crippen LogP contribution in [-0.2, 0) is 14.9 Å². The molecule has 1 aromatic carbocycles. The molecule has 0 saturated heterocycles. The van der Waals surface area contributed by atoms with Crippen LogP contribution in [0.5, 0.6) is 11.5 Å². The van der Waals surface area contributed by atoms with E-state index in [2.05, 4.69) is 6.07 Å².